The molecule has 1 aliphatic heterocycles. The summed E-state index contributed by atoms with van der Waals surface area (Å²) >= 11 is 0. The number of piperazine rings is 1. The fraction of sp³-hybridized carbons (Fsp3) is 0.923. The van der Waals surface area contributed by atoms with Gasteiger partial charge in [0.25, 0.3) is 0 Å². The van der Waals surface area contributed by atoms with Gasteiger partial charge in [-0.05, 0) is 39.3 Å². The standard InChI is InChI=1S/C13H28N4O/c1-3-16-8-10-17(11-9-16)7-5-4-6-13(2,15)12(14)18/h3-11,15H2,1-2H3,(H2,14,18). The van der Waals surface area contributed by atoms with Gasteiger partial charge in [-0.25, -0.2) is 0 Å². The Morgan fingerprint density at radius 1 is 1.17 bits per heavy atom. The molecule has 1 aliphatic rings. The number of carbonyl (C=O) groups excluding carboxylic acids is 1. The van der Waals surface area contributed by atoms with Crippen LogP contribution in [0, 0.1) is 0 Å². The zero-order valence-electron chi connectivity index (χ0n) is 11.8. The molecule has 1 amide bonds. The van der Waals surface area contributed by atoms with Gasteiger partial charge in [0.2, 0.25) is 5.91 Å². The predicted octanol–water partition coefficient (Wildman–Crippen LogP) is -0.00310. The summed E-state index contributed by atoms with van der Waals surface area (Å²) in [5.74, 6) is -0.404. The molecule has 0 aromatic carbocycles. The molecule has 0 aliphatic carbocycles. The molecular formula is C13H28N4O. The van der Waals surface area contributed by atoms with Crippen LogP contribution in [0.2, 0.25) is 0 Å². The van der Waals surface area contributed by atoms with Gasteiger partial charge in [-0.1, -0.05) is 6.92 Å². The van der Waals surface area contributed by atoms with Crippen LogP contribution in [0.5, 0.6) is 0 Å². The van der Waals surface area contributed by atoms with Crippen molar-refractivity contribution in [2.24, 2.45) is 11.5 Å². The molecule has 1 atom stereocenters. The molecule has 4 N–H and O–H groups in total. The minimum Gasteiger partial charge on any atom is -0.368 e. The highest BCUT2D eigenvalue weighted by atomic mass is 16.1. The fourth-order valence-electron chi connectivity index (χ4n) is 2.28. The largest absolute Gasteiger partial charge is 0.368 e. The van der Waals surface area contributed by atoms with E-state index in [4.69, 9.17) is 11.5 Å². The molecule has 0 aromatic rings. The van der Waals surface area contributed by atoms with Crippen LogP contribution in [0.4, 0.5) is 0 Å². The van der Waals surface area contributed by atoms with Crippen molar-refractivity contribution < 1.29 is 4.79 Å². The van der Waals surface area contributed by atoms with Gasteiger partial charge in [0.15, 0.2) is 0 Å². The third kappa shape index (κ3) is 4.92. The SMILES string of the molecule is CCN1CCN(CCCCC(C)(N)C(N)=O)CC1. The summed E-state index contributed by atoms with van der Waals surface area (Å²) in [6.45, 7) is 10.8. The topological polar surface area (TPSA) is 75.6 Å². The van der Waals surface area contributed by atoms with Crippen LogP contribution in [0.1, 0.15) is 33.1 Å². The van der Waals surface area contributed by atoms with Gasteiger partial charge in [-0.15, -0.1) is 0 Å². The average Bonchev–Trinajstić information content (AvgIpc) is 2.35. The third-order valence-electron chi connectivity index (χ3n) is 3.90. The van der Waals surface area contributed by atoms with Crippen LogP contribution in [0.15, 0.2) is 0 Å². The lowest BCUT2D eigenvalue weighted by Crippen LogP contribution is -2.49. The van der Waals surface area contributed by atoms with Gasteiger partial charge in [0, 0.05) is 26.2 Å². The van der Waals surface area contributed by atoms with Crippen LogP contribution in [-0.4, -0.2) is 60.5 Å². The van der Waals surface area contributed by atoms with E-state index in [1.54, 1.807) is 6.92 Å². The van der Waals surface area contributed by atoms with Gasteiger partial charge in [-0.3, -0.25) is 4.79 Å². The number of hydrogen-bond donors (Lipinski definition) is 2. The van der Waals surface area contributed by atoms with E-state index in [0.29, 0.717) is 6.42 Å². The number of unbranched alkanes of at least 4 members (excludes halogenated alkanes) is 1. The molecule has 0 bridgehead atoms. The van der Waals surface area contributed by atoms with Crippen molar-refractivity contribution in [2.75, 3.05) is 39.3 Å². The first kappa shape index (κ1) is 15.4. The minimum atomic E-state index is -0.846. The Kier molecular flexibility index (Phi) is 6.05. The van der Waals surface area contributed by atoms with E-state index in [1.807, 2.05) is 0 Å². The summed E-state index contributed by atoms with van der Waals surface area (Å²) in [4.78, 5) is 16.0. The summed E-state index contributed by atoms with van der Waals surface area (Å²) in [6.07, 6.45) is 2.73. The Morgan fingerprint density at radius 3 is 2.22 bits per heavy atom. The van der Waals surface area contributed by atoms with Crippen molar-refractivity contribution >= 4 is 5.91 Å². The van der Waals surface area contributed by atoms with Gasteiger partial charge in [0.1, 0.15) is 0 Å². The second kappa shape index (κ2) is 7.07. The van der Waals surface area contributed by atoms with E-state index < -0.39 is 11.4 Å². The summed E-state index contributed by atoms with van der Waals surface area (Å²) in [6, 6.07) is 0. The number of amides is 1. The highest BCUT2D eigenvalue weighted by molar-refractivity contribution is 5.83. The van der Waals surface area contributed by atoms with E-state index in [2.05, 4.69) is 16.7 Å². The lowest BCUT2D eigenvalue weighted by molar-refractivity contribution is -0.122. The summed E-state index contributed by atoms with van der Waals surface area (Å²) in [5.41, 5.74) is 10.2. The first-order chi connectivity index (χ1) is 8.45. The molecule has 0 spiro atoms. The number of nitrogens with zero attached hydrogens (tertiary/aromatic N) is 2. The lowest BCUT2D eigenvalue weighted by atomic mass is 9.95. The number of primary amides is 1. The predicted molar refractivity (Wildman–Crippen MR) is 74.2 cm³/mol. The van der Waals surface area contributed by atoms with Crippen molar-refractivity contribution in [3.8, 4) is 0 Å². The highest BCUT2D eigenvalue weighted by Crippen LogP contribution is 2.11. The molecule has 1 saturated heterocycles. The van der Waals surface area contributed by atoms with E-state index in [0.717, 1.165) is 39.0 Å². The lowest BCUT2D eigenvalue weighted by Gasteiger charge is -2.34. The molecule has 5 nitrogen and oxygen atoms in total. The van der Waals surface area contributed by atoms with Gasteiger partial charge in [0.05, 0.1) is 5.54 Å². The monoisotopic (exact) mass is 256 g/mol. The van der Waals surface area contributed by atoms with Crippen molar-refractivity contribution in [3.05, 3.63) is 0 Å². The molecule has 1 fully saturated rings. The van der Waals surface area contributed by atoms with Crippen LogP contribution in [0.25, 0.3) is 0 Å². The van der Waals surface area contributed by atoms with Gasteiger partial charge >= 0.3 is 0 Å². The average molecular weight is 256 g/mol. The zero-order chi connectivity index (χ0) is 13.6. The van der Waals surface area contributed by atoms with Gasteiger partial charge in [-0.2, -0.15) is 0 Å². The Bertz CT molecular complexity index is 260. The molecule has 106 valence electrons. The molecule has 1 heterocycles. The molecular weight excluding hydrogens is 228 g/mol. The van der Waals surface area contributed by atoms with Crippen molar-refractivity contribution in [3.63, 3.8) is 0 Å². The molecule has 1 rings (SSSR count). The maximum Gasteiger partial charge on any atom is 0.237 e. The number of nitrogens with two attached hydrogens (primary N) is 2. The maximum atomic E-state index is 11.1. The van der Waals surface area contributed by atoms with Crippen molar-refractivity contribution in [2.45, 2.75) is 38.6 Å². The van der Waals surface area contributed by atoms with E-state index >= 15 is 0 Å². The normalized spacial score (nSPS) is 21.7. The third-order valence-corrected chi connectivity index (χ3v) is 3.90. The van der Waals surface area contributed by atoms with E-state index in [9.17, 15) is 4.79 Å². The Balaban J connectivity index is 2.10. The Hall–Kier alpha value is -0.650. The molecule has 1 unspecified atom stereocenters. The summed E-state index contributed by atoms with van der Waals surface area (Å²) in [5, 5.41) is 0. The van der Waals surface area contributed by atoms with Crippen LogP contribution in [-0.2, 0) is 4.79 Å². The number of hydrogen-bond acceptors (Lipinski definition) is 4. The summed E-state index contributed by atoms with van der Waals surface area (Å²) < 4.78 is 0. The maximum absolute atomic E-state index is 11.1. The minimum absolute atomic E-state index is 0.404. The zero-order valence-corrected chi connectivity index (χ0v) is 11.8. The number of likely N-dealkylation sites (N-methyl/N-ethyl adjacent to an activating group) is 1. The smallest absolute Gasteiger partial charge is 0.237 e. The first-order valence-corrected chi connectivity index (χ1v) is 6.99. The number of rotatable bonds is 7. The van der Waals surface area contributed by atoms with Crippen LogP contribution < -0.4 is 11.5 Å². The Morgan fingerprint density at radius 2 is 1.72 bits per heavy atom. The van der Waals surface area contributed by atoms with Crippen molar-refractivity contribution in [1.29, 1.82) is 0 Å². The molecule has 0 aromatic heterocycles. The number of carbonyl (C=O) groups is 1. The van der Waals surface area contributed by atoms with E-state index in [-0.39, 0.29) is 0 Å². The van der Waals surface area contributed by atoms with Crippen molar-refractivity contribution in [1.82, 2.24) is 9.80 Å². The molecule has 0 radical (unpaired) electrons. The highest BCUT2D eigenvalue weighted by Gasteiger charge is 2.24. The van der Waals surface area contributed by atoms with Crippen LogP contribution in [0.3, 0.4) is 0 Å². The quantitative estimate of drug-likeness (QED) is 0.629. The second-order valence-electron chi connectivity index (χ2n) is 5.51. The van der Waals surface area contributed by atoms with Crippen LogP contribution >= 0.6 is 0 Å². The second-order valence-corrected chi connectivity index (χ2v) is 5.51. The fourth-order valence-corrected chi connectivity index (χ4v) is 2.28. The summed E-state index contributed by atoms with van der Waals surface area (Å²) in [7, 11) is 0. The molecule has 18 heavy (non-hydrogen) atoms. The Labute approximate surface area is 110 Å². The first-order valence-electron chi connectivity index (χ1n) is 6.99. The molecule has 5 heteroatoms. The van der Waals surface area contributed by atoms with Gasteiger partial charge < -0.3 is 21.3 Å². The van der Waals surface area contributed by atoms with E-state index in [1.165, 1.54) is 13.1 Å². The molecule has 0 saturated carbocycles.